The fourth-order valence-corrected chi connectivity index (χ4v) is 2.96. The second-order valence-corrected chi connectivity index (χ2v) is 5.53. The fourth-order valence-electron chi connectivity index (χ4n) is 1.13. The Hall–Kier alpha value is -0.750. The number of rotatable bonds is 5. The average Bonchev–Trinajstić information content (AvgIpc) is 2.29. The standard InChI is InChI=1S/C10H11Cl2NO3S/c1-3-6-13-17(14,15)8-5-4-7(16-2)9(11)10(8)12/h3-5,13H,1,6H2,2H3. The van der Waals surface area contributed by atoms with E-state index in [9.17, 15) is 8.42 Å². The molecule has 0 radical (unpaired) electrons. The summed E-state index contributed by atoms with van der Waals surface area (Å²) >= 11 is 11.8. The molecule has 1 aromatic carbocycles. The lowest BCUT2D eigenvalue weighted by molar-refractivity contribution is 0.414. The first kappa shape index (κ1) is 14.3. The molecule has 0 aliphatic carbocycles. The van der Waals surface area contributed by atoms with Crippen LogP contribution in [-0.2, 0) is 10.0 Å². The van der Waals surface area contributed by atoms with Gasteiger partial charge in [0.15, 0.2) is 0 Å². The molecule has 0 saturated carbocycles. The summed E-state index contributed by atoms with van der Waals surface area (Å²) in [5.74, 6) is 0.319. The molecule has 17 heavy (non-hydrogen) atoms. The maximum Gasteiger partial charge on any atom is 0.242 e. The first-order chi connectivity index (χ1) is 7.94. The highest BCUT2D eigenvalue weighted by Crippen LogP contribution is 2.36. The highest BCUT2D eigenvalue weighted by Gasteiger charge is 2.20. The van der Waals surface area contributed by atoms with Gasteiger partial charge in [-0.15, -0.1) is 6.58 Å². The van der Waals surface area contributed by atoms with Crippen LogP contribution in [0.1, 0.15) is 0 Å². The predicted octanol–water partition coefficient (Wildman–Crippen LogP) is 2.47. The van der Waals surface area contributed by atoms with Crippen molar-refractivity contribution >= 4 is 33.2 Å². The SMILES string of the molecule is C=CCNS(=O)(=O)c1ccc(OC)c(Cl)c1Cl. The van der Waals surface area contributed by atoms with Crippen molar-refractivity contribution in [1.82, 2.24) is 4.72 Å². The largest absolute Gasteiger partial charge is 0.495 e. The third-order valence-electron chi connectivity index (χ3n) is 1.94. The van der Waals surface area contributed by atoms with Crippen molar-refractivity contribution in [3.63, 3.8) is 0 Å². The lowest BCUT2D eigenvalue weighted by Crippen LogP contribution is -2.24. The van der Waals surface area contributed by atoms with E-state index in [0.717, 1.165) is 0 Å². The molecule has 0 aromatic heterocycles. The van der Waals surface area contributed by atoms with Gasteiger partial charge in [-0.2, -0.15) is 0 Å². The minimum atomic E-state index is -3.69. The number of benzene rings is 1. The zero-order valence-corrected chi connectivity index (χ0v) is 11.4. The van der Waals surface area contributed by atoms with E-state index in [1.165, 1.54) is 25.3 Å². The van der Waals surface area contributed by atoms with Gasteiger partial charge in [0, 0.05) is 6.54 Å². The van der Waals surface area contributed by atoms with E-state index in [2.05, 4.69) is 11.3 Å². The lowest BCUT2D eigenvalue weighted by atomic mass is 10.3. The normalized spacial score (nSPS) is 11.2. The Morgan fingerprint density at radius 3 is 2.59 bits per heavy atom. The third-order valence-corrected chi connectivity index (χ3v) is 4.38. The van der Waals surface area contributed by atoms with E-state index in [0.29, 0.717) is 5.75 Å². The number of nitrogens with one attached hydrogen (secondary N) is 1. The van der Waals surface area contributed by atoms with Crippen molar-refractivity contribution in [3.8, 4) is 5.75 Å². The second-order valence-electron chi connectivity index (χ2n) is 3.03. The van der Waals surface area contributed by atoms with Gasteiger partial charge >= 0.3 is 0 Å². The van der Waals surface area contributed by atoms with Gasteiger partial charge in [0.05, 0.1) is 12.1 Å². The van der Waals surface area contributed by atoms with Gasteiger partial charge in [-0.1, -0.05) is 29.3 Å². The zero-order chi connectivity index (χ0) is 13.1. The van der Waals surface area contributed by atoms with E-state index in [1.54, 1.807) is 0 Å². The van der Waals surface area contributed by atoms with Crippen LogP contribution in [0.5, 0.6) is 5.75 Å². The van der Waals surface area contributed by atoms with Crippen LogP contribution in [0.4, 0.5) is 0 Å². The van der Waals surface area contributed by atoms with E-state index in [1.807, 2.05) is 0 Å². The number of sulfonamides is 1. The summed E-state index contributed by atoms with van der Waals surface area (Å²) in [6.07, 6.45) is 1.43. The molecule has 4 nitrogen and oxygen atoms in total. The van der Waals surface area contributed by atoms with Gasteiger partial charge in [-0.05, 0) is 12.1 Å². The second kappa shape index (κ2) is 5.73. The Morgan fingerprint density at radius 1 is 1.41 bits per heavy atom. The zero-order valence-electron chi connectivity index (χ0n) is 9.04. The Bertz CT molecular complexity index is 529. The Balaban J connectivity index is 3.24. The van der Waals surface area contributed by atoms with Gasteiger partial charge in [0.2, 0.25) is 10.0 Å². The minimum absolute atomic E-state index is 0.0654. The number of halogens is 2. The van der Waals surface area contributed by atoms with Crippen LogP contribution in [0.15, 0.2) is 29.7 Å². The molecule has 0 amide bonds. The van der Waals surface area contributed by atoms with E-state index < -0.39 is 10.0 Å². The van der Waals surface area contributed by atoms with Gasteiger partial charge in [-0.3, -0.25) is 0 Å². The molecular weight excluding hydrogens is 285 g/mol. The first-order valence-electron chi connectivity index (χ1n) is 4.56. The van der Waals surface area contributed by atoms with E-state index in [-0.39, 0.29) is 21.5 Å². The van der Waals surface area contributed by atoms with Crippen LogP contribution in [0.25, 0.3) is 0 Å². The van der Waals surface area contributed by atoms with Crippen molar-refractivity contribution in [1.29, 1.82) is 0 Å². The maximum atomic E-state index is 11.8. The molecule has 0 bridgehead atoms. The Morgan fingerprint density at radius 2 is 2.06 bits per heavy atom. The number of hydrogen-bond donors (Lipinski definition) is 1. The smallest absolute Gasteiger partial charge is 0.242 e. The van der Waals surface area contributed by atoms with E-state index in [4.69, 9.17) is 27.9 Å². The number of hydrogen-bond acceptors (Lipinski definition) is 3. The quantitative estimate of drug-likeness (QED) is 0.849. The molecule has 0 fully saturated rings. The summed E-state index contributed by atoms with van der Waals surface area (Å²) in [4.78, 5) is -0.0909. The Kier molecular flexibility index (Phi) is 4.82. The molecule has 0 aliphatic heterocycles. The molecule has 0 spiro atoms. The van der Waals surface area contributed by atoms with Crippen molar-refractivity contribution in [2.75, 3.05) is 13.7 Å². The number of ether oxygens (including phenoxy) is 1. The highest BCUT2D eigenvalue weighted by molar-refractivity contribution is 7.89. The molecule has 1 aromatic rings. The fraction of sp³-hybridized carbons (Fsp3) is 0.200. The van der Waals surface area contributed by atoms with Crippen molar-refractivity contribution in [3.05, 3.63) is 34.8 Å². The average molecular weight is 296 g/mol. The molecule has 0 aliphatic rings. The summed E-state index contributed by atoms with van der Waals surface area (Å²) in [6, 6.07) is 2.77. The highest BCUT2D eigenvalue weighted by atomic mass is 35.5. The van der Waals surface area contributed by atoms with Crippen molar-refractivity contribution in [2.24, 2.45) is 0 Å². The summed E-state index contributed by atoms with van der Waals surface area (Å²) in [5, 5.41) is -0.00164. The van der Waals surface area contributed by atoms with Gasteiger partial charge in [0.1, 0.15) is 15.7 Å². The monoisotopic (exact) mass is 295 g/mol. The molecule has 0 heterocycles. The van der Waals surface area contributed by atoms with Gasteiger partial charge in [-0.25, -0.2) is 13.1 Å². The van der Waals surface area contributed by atoms with Crippen molar-refractivity contribution in [2.45, 2.75) is 4.90 Å². The van der Waals surface area contributed by atoms with Crippen LogP contribution in [0.2, 0.25) is 10.0 Å². The summed E-state index contributed by atoms with van der Waals surface area (Å²) in [7, 11) is -2.28. The maximum absolute atomic E-state index is 11.8. The summed E-state index contributed by atoms with van der Waals surface area (Å²) < 4.78 is 30.9. The van der Waals surface area contributed by atoms with Crippen LogP contribution in [0, 0.1) is 0 Å². The number of methoxy groups -OCH3 is 1. The molecule has 1 N–H and O–H groups in total. The molecule has 0 atom stereocenters. The van der Waals surface area contributed by atoms with Crippen LogP contribution < -0.4 is 9.46 Å². The molecule has 0 unspecified atom stereocenters. The van der Waals surface area contributed by atoms with Crippen LogP contribution in [0.3, 0.4) is 0 Å². The Labute approximate surface area is 110 Å². The summed E-state index contributed by atoms with van der Waals surface area (Å²) in [6.45, 7) is 3.53. The van der Waals surface area contributed by atoms with Crippen LogP contribution >= 0.6 is 23.2 Å². The molecule has 7 heteroatoms. The van der Waals surface area contributed by atoms with E-state index >= 15 is 0 Å². The van der Waals surface area contributed by atoms with Crippen LogP contribution in [-0.4, -0.2) is 22.1 Å². The molecule has 1 rings (SSSR count). The molecule has 94 valence electrons. The minimum Gasteiger partial charge on any atom is -0.495 e. The third kappa shape index (κ3) is 3.13. The predicted molar refractivity (Wildman–Crippen MR) is 68.4 cm³/mol. The van der Waals surface area contributed by atoms with Gasteiger partial charge in [0.25, 0.3) is 0 Å². The molecular formula is C10H11Cl2NO3S. The van der Waals surface area contributed by atoms with Gasteiger partial charge < -0.3 is 4.74 Å². The topological polar surface area (TPSA) is 55.4 Å². The van der Waals surface area contributed by atoms with Crippen molar-refractivity contribution < 1.29 is 13.2 Å². The summed E-state index contributed by atoms with van der Waals surface area (Å²) in [5.41, 5.74) is 0. The lowest BCUT2D eigenvalue weighted by Gasteiger charge is -2.10. The molecule has 0 saturated heterocycles. The first-order valence-corrected chi connectivity index (χ1v) is 6.80.